The van der Waals surface area contributed by atoms with Crippen LogP contribution in [0.1, 0.15) is 15.9 Å². The van der Waals surface area contributed by atoms with Crippen molar-refractivity contribution in [2.24, 2.45) is 0 Å². The summed E-state index contributed by atoms with van der Waals surface area (Å²) in [5.41, 5.74) is 0.689. The third kappa shape index (κ3) is 7.14. The highest BCUT2D eigenvalue weighted by atomic mass is 19.4. The van der Waals surface area contributed by atoms with Crippen LogP contribution in [-0.2, 0) is 11.3 Å². The van der Waals surface area contributed by atoms with Gasteiger partial charge in [0.25, 0.3) is 5.91 Å². The maximum absolute atomic E-state index is 12.3. The van der Waals surface area contributed by atoms with E-state index in [1.807, 2.05) is 0 Å². The van der Waals surface area contributed by atoms with Crippen LogP contribution in [0, 0.1) is 0 Å². The number of alkyl halides is 3. The molecule has 0 aliphatic carbocycles. The van der Waals surface area contributed by atoms with E-state index in [0.717, 1.165) is 0 Å². The third-order valence-corrected chi connectivity index (χ3v) is 3.31. The standard InChI is InChI=1S/C18H19F3N2O4/c1-25-8-9-26-15-6-2-4-13(10-15)16(24)23-11-14-5-3-7-22-17(14)27-12-18(19,20)21/h2-7,10H,8-9,11-12H2,1H3,(H,23,24). The Morgan fingerprint density at radius 1 is 1.15 bits per heavy atom. The molecular formula is C18H19F3N2O4. The van der Waals surface area contributed by atoms with Gasteiger partial charge in [-0.3, -0.25) is 4.79 Å². The molecule has 0 aliphatic heterocycles. The van der Waals surface area contributed by atoms with Gasteiger partial charge in [0.05, 0.1) is 6.61 Å². The van der Waals surface area contributed by atoms with E-state index in [0.29, 0.717) is 30.1 Å². The lowest BCUT2D eigenvalue weighted by molar-refractivity contribution is -0.154. The molecule has 2 aromatic rings. The number of nitrogens with zero attached hydrogens (tertiary/aromatic N) is 1. The second-order valence-electron chi connectivity index (χ2n) is 5.42. The van der Waals surface area contributed by atoms with Gasteiger partial charge in [0.15, 0.2) is 6.61 Å². The van der Waals surface area contributed by atoms with E-state index in [9.17, 15) is 18.0 Å². The number of methoxy groups -OCH3 is 1. The predicted molar refractivity (Wildman–Crippen MR) is 90.8 cm³/mol. The van der Waals surface area contributed by atoms with Crippen molar-refractivity contribution in [2.75, 3.05) is 26.9 Å². The molecule has 0 unspecified atom stereocenters. The number of carbonyl (C=O) groups is 1. The lowest BCUT2D eigenvalue weighted by Crippen LogP contribution is -2.24. The molecule has 1 heterocycles. The summed E-state index contributed by atoms with van der Waals surface area (Å²) >= 11 is 0. The number of carbonyl (C=O) groups excluding carboxylic acids is 1. The molecular weight excluding hydrogens is 365 g/mol. The first-order chi connectivity index (χ1) is 12.9. The Morgan fingerprint density at radius 2 is 1.96 bits per heavy atom. The van der Waals surface area contributed by atoms with Crippen LogP contribution in [0.15, 0.2) is 42.6 Å². The largest absolute Gasteiger partial charge is 0.491 e. The van der Waals surface area contributed by atoms with Gasteiger partial charge < -0.3 is 19.5 Å². The maximum atomic E-state index is 12.3. The molecule has 27 heavy (non-hydrogen) atoms. The Labute approximate surface area is 154 Å². The molecule has 0 spiro atoms. The van der Waals surface area contributed by atoms with Crippen molar-refractivity contribution in [1.82, 2.24) is 10.3 Å². The molecule has 6 nitrogen and oxygen atoms in total. The molecule has 2 rings (SSSR count). The lowest BCUT2D eigenvalue weighted by Gasteiger charge is -2.13. The van der Waals surface area contributed by atoms with Crippen LogP contribution in [0.3, 0.4) is 0 Å². The number of benzene rings is 1. The quantitative estimate of drug-likeness (QED) is 0.673. The van der Waals surface area contributed by atoms with Crippen LogP contribution in [0.4, 0.5) is 13.2 Å². The Kier molecular flexibility index (Phi) is 7.42. The van der Waals surface area contributed by atoms with E-state index in [4.69, 9.17) is 14.2 Å². The van der Waals surface area contributed by atoms with Gasteiger partial charge >= 0.3 is 6.18 Å². The number of hydrogen-bond donors (Lipinski definition) is 1. The molecule has 0 atom stereocenters. The fourth-order valence-corrected chi connectivity index (χ4v) is 2.09. The summed E-state index contributed by atoms with van der Waals surface area (Å²) < 4.78 is 52.0. The average Bonchev–Trinajstić information content (AvgIpc) is 2.65. The van der Waals surface area contributed by atoms with Crippen molar-refractivity contribution >= 4 is 5.91 Å². The van der Waals surface area contributed by atoms with E-state index < -0.39 is 18.7 Å². The first-order valence-corrected chi connectivity index (χ1v) is 8.02. The number of hydrogen-bond acceptors (Lipinski definition) is 5. The fraction of sp³-hybridized carbons (Fsp3) is 0.333. The molecule has 0 saturated heterocycles. The molecule has 0 aliphatic rings. The first-order valence-electron chi connectivity index (χ1n) is 8.02. The predicted octanol–water partition coefficient (Wildman–Crippen LogP) is 2.98. The van der Waals surface area contributed by atoms with Gasteiger partial charge in [-0.05, 0) is 24.3 Å². The summed E-state index contributed by atoms with van der Waals surface area (Å²) in [6.45, 7) is -0.726. The number of ether oxygens (including phenoxy) is 3. The highest BCUT2D eigenvalue weighted by molar-refractivity contribution is 5.94. The Hall–Kier alpha value is -2.81. The molecule has 1 amide bonds. The smallest absolute Gasteiger partial charge is 0.422 e. The highest BCUT2D eigenvalue weighted by Gasteiger charge is 2.29. The Balaban J connectivity index is 1.96. The van der Waals surface area contributed by atoms with Gasteiger partial charge in [-0.2, -0.15) is 13.2 Å². The van der Waals surface area contributed by atoms with E-state index >= 15 is 0 Å². The second kappa shape index (κ2) is 9.77. The van der Waals surface area contributed by atoms with Crippen LogP contribution < -0.4 is 14.8 Å². The average molecular weight is 384 g/mol. The zero-order valence-electron chi connectivity index (χ0n) is 14.6. The highest BCUT2D eigenvalue weighted by Crippen LogP contribution is 2.20. The van der Waals surface area contributed by atoms with Crippen molar-refractivity contribution in [3.05, 3.63) is 53.7 Å². The van der Waals surface area contributed by atoms with Crippen LogP contribution >= 0.6 is 0 Å². The van der Waals surface area contributed by atoms with Gasteiger partial charge in [-0.25, -0.2) is 4.98 Å². The van der Waals surface area contributed by atoms with Crippen LogP contribution in [0.25, 0.3) is 0 Å². The normalized spacial score (nSPS) is 11.1. The van der Waals surface area contributed by atoms with E-state index in [1.54, 1.807) is 37.4 Å². The summed E-state index contributed by atoms with van der Waals surface area (Å²) in [4.78, 5) is 16.1. The van der Waals surface area contributed by atoms with Crippen molar-refractivity contribution in [3.63, 3.8) is 0 Å². The zero-order chi connectivity index (χ0) is 19.7. The monoisotopic (exact) mass is 384 g/mol. The number of amides is 1. The molecule has 9 heteroatoms. The Bertz CT molecular complexity index is 753. The summed E-state index contributed by atoms with van der Waals surface area (Å²) in [7, 11) is 1.55. The number of nitrogens with one attached hydrogen (secondary N) is 1. The maximum Gasteiger partial charge on any atom is 0.422 e. The molecule has 0 saturated carbocycles. The number of aromatic nitrogens is 1. The molecule has 146 valence electrons. The SMILES string of the molecule is COCCOc1cccc(C(=O)NCc2cccnc2OCC(F)(F)F)c1. The van der Waals surface area contributed by atoms with Gasteiger partial charge in [-0.1, -0.05) is 12.1 Å². The van der Waals surface area contributed by atoms with Gasteiger partial charge in [0, 0.05) is 31.0 Å². The van der Waals surface area contributed by atoms with Gasteiger partial charge in [-0.15, -0.1) is 0 Å². The molecule has 1 aromatic heterocycles. The summed E-state index contributed by atoms with van der Waals surface area (Å²) in [5, 5.41) is 2.63. The van der Waals surface area contributed by atoms with Crippen molar-refractivity contribution in [3.8, 4) is 11.6 Å². The van der Waals surface area contributed by atoms with Crippen molar-refractivity contribution in [2.45, 2.75) is 12.7 Å². The molecule has 1 N–H and O–H groups in total. The van der Waals surface area contributed by atoms with E-state index in [1.165, 1.54) is 12.3 Å². The third-order valence-electron chi connectivity index (χ3n) is 3.31. The number of rotatable bonds is 9. The van der Waals surface area contributed by atoms with Crippen molar-refractivity contribution in [1.29, 1.82) is 0 Å². The topological polar surface area (TPSA) is 69.7 Å². The minimum Gasteiger partial charge on any atom is -0.491 e. The molecule has 0 radical (unpaired) electrons. The molecule has 0 bridgehead atoms. The molecule has 0 fully saturated rings. The zero-order valence-corrected chi connectivity index (χ0v) is 14.6. The second-order valence-corrected chi connectivity index (χ2v) is 5.42. The Morgan fingerprint density at radius 3 is 2.70 bits per heavy atom. The first kappa shape index (κ1) is 20.5. The minimum absolute atomic E-state index is 0.0331. The summed E-state index contributed by atoms with van der Waals surface area (Å²) in [6.07, 6.45) is -3.15. The summed E-state index contributed by atoms with van der Waals surface area (Å²) in [6, 6.07) is 9.61. The van der Waals surface area contributed by atoms with Crippen LogP contribution in [0.5, 0.6) is 11.6 Å². The fourth-order valence-electron chi connectivity index (χ4n) is 2.09. The molecule has 1 aromatic carbocycles. The van der Waals surface area contributed by atoms with Crippen LogP contribution in [-0.4, -0.2) is 44.0 Å². The van der Waals surface area contributed by atoms with Gasteiger partial charge in [0.2, 0.25) is 5.88 Å². The lowest BCUT2D eigenvalue weighted by atomic mass is 10.2. The van der Waals surface area contributed by atoms with Crippen LogP contribution in [0.2, 0.25) is 0 Å². The summed E-state index contributed by atoms with van der Waals surface area (Å²) in [5.74, 6) is -0.0696. The van der Waals surface area contributed by atoms with E-state index in [-0.39, 0.29) is 12.4 Å². The van der Waals surface area contributed by atoms with Gasteiger partial charge in [0.1, 0.15) is 12.4 Å². The number of pyridine rings is 1. The number of halogens is 3. The minimum atomic E-state index is -4.47. The van der Waals surface area contributed by atoms with E-state index in [2.05, 4.69) is 10.3 Å². The van der Waals surface area contributed by atoms with Crippen molar-refractivity contribution < 1.29 is 32.2 Å².